The van der Waals surface area contributed by atoms with Gasteiger partial charge in [0, 0.05) is 25.6 Å². The van der Waals surface area contributed by atoms with E-state index in [1.807, 2.05) is 0 Å². The number of ether oxygens (including phenoxy) is 2. The maximum Gasteiger partial charge on any atom is 0.414 e. The van der Waals surface area contributed by atoms with Crippen molar-refractivity contribution in [2.45, 2.75) is 19.4 Å². The van der Waals surface area contributed by atoms with Crippen LogP contribution < -0.4 is 10.2 Å². The maximum atomic E-state index is 14.9. The quantitative estimate of drug-likeness (QED) is 0.607. The SMILES string of the molecule is CC(=O)OCC(=O)N1CC=C(c2ccc(N3C[C@H](CNc4cnsn4)OC3=O)cc2F)CC1. The number of hydrogen-bond acceptors (Lipinski definition) is 9. The molecule has 2 aliphatic heterocycles. The third-order valence-electron chi connectivity index (χ3n) is 5.32. The Morgan fingerprint density at radius 1 is 1.39 bits per heavy atom. The van der Waals surface area contributed by atoms with Gasteiger partial charge in [-0.25, -0.2) is 9.18 Å². The molecule has 10 nitrogen and oxygen atoms in total. The Morgan fingerprint density at radius 2 is 2.24 bits per heavy atom. The van der Waals surface area contributed by atoms with Crippen molar-refractivity contribution in [1.82, 2.24) is 13.6 Å². The number of amides is 2. The summed E-state index contributed by atoms with van der Waals surface area (Å²) >= 11 is 1.08. The Bertz CT molecular complexity index is 1080. The van der Waals surface area contributed by atoms with Gasteiger partial charge >= 0.3 is 12.1 Å². The fourth-order valence-corrected chi connectivity index (χ4v) is 4.02. The van der Waals surface area contributed by atoms with Gasteiger partial charge in [-0.1, -0.05) is 6.08 Å². The van der Waals surface area contributed by atoms with E-state index < -0.39 is 24.0 Å². The largest absolute Gasteiger partial charge is 0.456 e. The lowest BCUT2D eigenvalue weighted by molar-refractivity contribution is -0.150. The molecule has 2 aliphatic rings. The van der Waals surface area contributed by atoms with Crippen LogP contribution >= 0.6 is 11.7 Å². The molecule has 1 N–H and O–H groups in total. The summed E-state index contributed by atoms with van der Waals surface area (Å²) in [6.45, 7) is 2.29. The van der Waals surface area contributed by atoms with Crippen LogP contribution in [0.15, 0.2) is 30.5 Å². The van der Waals surface area contributed by atoms with Crippen LogP contribution in [0.5, 0.6) is 0 Å². The van der Waals surface area contributed by atoms with Crippen LogP contribution in [-0.4, -0.2) is 70.5 Å². The zero-order valence-corrected chi connectivity index (χ0v) is 18.6. The number of nitrogens with one attached hydrogen (secondary N) is 1. The highest BCUT2D eigenvalue weighted by atomic mass is 32.1. The van der Waals surface area contributed by atoms with Gasteiger partial charge in [-0.15, -0.1) is 0 Å². The van der Waals surface area contributed by atoms with Gasteiger partial charge in [0.1, 0.15) is 11.9 Å². The van der Waals surface area contributed by atoms with Crippen LogP contribution in [0.1, 0.15) is 18.9 Å². The molecule has 4 rings (SSSR count). The molecule has 1 aromatic heterocycles. The van der Waals surface area contributed by atoms with Crippen molar-refractivity contribution in [2.75, 3.05) is 43.0 Å². The van der Waals surface area contributed by atoms with E-state index >= 15 is 0 Å². The zero-order valence-electron chi connectivity index (χ0n) is 17.8. The van der Waals surface area contributed by atoms with Gasteiger partial charge in [0.2, 0.25) is 0 Å². The van der Waals surface area contributed by atoms with Crippen molar-refractivity contribution < 1.29 is 28.2 Å². The van der Waals surface area contributed by atoms with E-state index in [2.05, 4.69) is 14.1 Å². The predicted octanol–water partition coefficient (Wildman–Crippen LogP) is 2.29. The first-order chi connectivity index (χ1) is 15.9. The van der Waals surface area contributed by atoms with E-state index in [0.29, 0.717) is 43.1 Å². The Morgan fingerprint density at radius 3 is 2.91 bits per heavy atom. The average Bonchev–Trinajstić information content (AvgIpc) is 3.45. The molecular formula is C21H22FN5O5S. The number of aromatic nitrogens is 2. The standard InChI is InChI=1S/C21H22FN5O5S/c1-13(28)31-12-20(29)26-6-4-14(5-7-26)17-3-2-15(8-18(17)22)27-11-16(32-21(27)30)9-23-19-10-24-33-25-19/h2-4,8,10,16H,5-7,9,11-12H2,1H3,(H,23,25)/t16-/m0/s1. The highest BCUT2D eigenvalue weighted by Crippen LogP contribution is 2.29. The topological polar surface area (TPSA) is 114 Å². The van der Waals surface area contributed by atoms with E-state index in [1.165, 1.54) is 17.9 Å². The molecule has 0 bridgehead atoms. The van der Waals surface area contributed by atoms with Gasteiger partial charge in [0.15, 0.2) is 12.4 Å². The number of nitrogens with zero attached hydrogens (tertiary/aromatic N) is 4. The Hall–Kier alpha value is -3.54. The lowest BCUT2D eigenvalue weighted by Crippen LogP contribution is -2.37. The van der Waals surface area contributed by atoms with Crippen molar-refractivity contribution in [3.63, 3.8) is 0 Å². The second kappa shape index (κ2) is 9.94. The number of hydrogen-bond donors (Lipinski definition) is 1. The number of esters is 1. The first-order valence-corrected chi connectivity index (χ1v) is 11.0. The Kier molecular flexibility index (Phi) is 6.82. The van der Waals surface area contributed by atoms with Crippen LogP contribution in [0.4, 0.5) is 20.7 Å². The van der Waals surface area contributed by atoms with Crippen LogP contribution in [0, 0.1) is 5.82 Å². The molecule has 2 aromatic rings. The number of cyclic esters (lactones) is 1. The molecule has 1 fully saturated rings. The second-order valence-corrected chi connectivity index (χ2v) is 8.11. The first-order valence-electron chi connectivity index (χ1n) is 10.3. The molecular weight excluding hydrogens is 453 g/mol. The van der Waals surface area contributed by atoms with Crippen molar-refractivity contribution in [3.8, 4) is 0 Å². The van der Waals surface area contributed by atoms with Gasteiger partial charge in [-0.3, -0.25) is 14.5 Å². The van der Waals surface area contributed by atoms with Crippen LogP contribution in [-0.2, 0) is 19.1 Å². The molecule has 0 saturated carbocycles. The van der Waals surface area contributed by atoms with E-state index in [9.17, 15) is 18.8 Å². The molecule has 174 valence electrons. The maximum absolute atomic E-state index is 14.9. The van der Waals surface area contributed by atoms with E-state index in [1.54, 1.807) is 29.3 Å². The van der Waals surface area contributed by atoms with E-state index in [4.69, 9.17) is 9.47 Å². The van der Waals surface area contributed by atoms with Crippen molar-refractivity contribution >= 4 is 46.8 Å². The summed E-state index contributed by atoms with van der Waals surface area (Å²) in [7, 11) is 0. The summed E-state index contributed by atoms with van der Waals surface area (Å²) in [5.74, 6) is -0.655. The van der Waals surface area contributed by atoms with Crippen molar-refractivity contribution in [1.29, 1.82) is 0 Å². The van der Waals surface area contributed by atoms with E-state index in [0.717, 1.165) is 17.3 Å². The Balaban J connectivity index is 1.36. The molecule has 1 saturated heterocycles. The summed E-state index contributed by atoms with van der Waals surface area (Å²) in [6, 6.07) is 4.63. The fourth-order valence-electron chi connectivity index (χ4n) is 3.63. The van der Waals surface area contributed by atoms with Gasteiger partial charge in [-0.2, -0.15) is 8.75 Å². The number of carbonyl (C=O) groups excluding carboxylic acids is 3. The summed E-state index contributed by atoms with van der Waals surface area (Å²) in [5.41, 5.74) is 1.61. The smallest absolute Gasteiger partial charge is 0.414 e. The summed E-state index contributed by atoms with van der Waals surface area (Å²) < 4.78 is 33.0. The number of benzene rings is 1. The van der Waals surface area contributed by atoms with Crippen molar-refractivity contribution in [3.05, 3.63) is 41.9 Å². The van der Waals surface area contributed by atoms with Gasteiger partial charge in [0.25, 0.3) is 5.91 Å². The normalized spacial score (nSPS) is 18.1. The van der Waals surface area contributed by atoms with E-state index in [-0.39, 0.29) is 19.1 Å². The van der Waals surface area contributed by atoms with Crippen molar-refractivity contribution in [2.24, 2.45) is 0 Å². The molecule has 0 radical (unpaired) electrons. The molecule has 1 aromatic carbocycles. The lowest BCUT2D eigenvalue weighted by Gasteiger charge is -2.26. The molecule has 1 atom stereocenters. The highest BCUT2D eigenvalue weighted by molar-refractivity contribution is 6.99. The minimum Gasteiger partial charge on any atom is -0.456 e. The molecule has 0 unspecified atom stereocenters. The van der Waals surface area contributed by atoms with Crippen LogP contribution in [0.25, 0.3) is 5.57 Å². The zero-order chi connectivity index (χ0) is 23.4. The lowest BCUT2D eigenvalue weighted by atomic mass is 9.98. The summed E-state index contributed by atoms with van der Waals surface area (Å²) in [4.78, 5) is 38.2. The fraction of sp³-hybridized carbons (Fsp3) is 0.381. The van der Waals surface area contributed by atoms with Gasteiger partial charge in [-0.05, 0) is 30.2 Å². The first kappa shape index (κ1) is 22.6. The number of carbonyl (C=O) groups is 3. The number of halogens is 1. The molecule has 0 aliphatic carbocycles. The second-order valence-electron chi connectivity index (χ2n) is 7.55. The molecule has 12 heteroatoms. The third-order valence-corrected chi connectivity index (χ3v) is 5.80. The minimum absolute atomic E-state index is 0.282. The van der Waals surface area contributed by atoms with Gasteiger partial charge in [0.05, 0.1) is 36.7 Å². The van der Waals surface area contributed by atoms with Crippen LogP contribution in [0.3, 0.4) is 0 Å². The predicted molar refractivity (Wildman–Crippen MR) is 118 cm³/mol. The molecule has 3 heterocycles. The molecule has 0 spiro atoms. The average molecular weight is 476 g/mol. The monoisotopic (exact) mass is 475 g/mol. The highest BCUT2D eigenvalue weighted by Gasteiger charge is 2.33. The Labute approximate surface area is 193 Å². The number of rotatable bonds is 7. The third kappa shape index (κ3) is 5.45. The summed E-state index contributed by atoms with van der Waals surface area (Å²) in [6.07, 6.45) is 2.89. The van der Waals surface area contributed by atoms with Gasteiger partial charge < -0.3 is 19.7 Å². The minimum atomic E-state index is -0.538. The summed E-state index contributed by atoms with van der Waals surface area (Å²) in [5, 5.41) is 3.05. The van der Waals surface area contributed by atoms with Crippen LogP contribution in [0.2, 0.25) is 0 Å². The number of anilines is 2. The molecule has 2 amide bonds. The molecule has 33 heavy (non-hydrogen) atoms.